The molecule has 0 fully saturated rings. The Balaban J connectivity index is 2.28. The van der Waals surface area contributed by atoms with Gasteiger partial charge in [-0.25, -0.2) is 9.59 Å². The minimum atomic E-state index is -0.675. The van der Waals surface area contributed by atoms with Crippen LogP contribution in [0.25, 0.3) is 11.0 Å². The molecule has 0 unspecified atom stereocenters. The summed E-state index contributed by atoms with van der Waals surface area (Å²) >= 11 is 6.32. The highest BCUT2D eigenvalue weighted by Crippen LogP contribution is 2.39. The fourth-order valence-electron chi connectivity index (χ4n) is 3.19. The number of nitrogens with zero attached hydrogens (tertiary/aromatic N) is 1. The van der Waals surface area contributed by atoms with Gasteiger partial charge in [0.2, 0.25) is 0 Å². The molecule has 0 amide bonds. The Bertz CT molecular complexity index is 945. The zero-order valence-corrected chi connectivity index (χ0v) is 16.3. The third kappa shape index (κ3) is 3.28. The quantitative estimate of drug-likeness (QED) is 0.737. The Labute approximate surface area is 161 Å². The number of anilines is 1. The first kappa shape index (κ1) is 19.3. The number of aryl methyl sites for hydroxylation is 2. The van der Waals surface area contributed by atoms with E-state index in [1.165, 1.54) is 19.1 Å². The fraction of sp³-hybridized carbons (Fsp3) is 0.368. The lowest BCUT2D eigenvalue weighted by Crippen LogP contribution is -2.38. The van der Waals surface area contributed by atoms with E-state index in [4.69, 9.17) is 30.2 Å². The normalized spacial score (nSPS) is 14.6. The molecule has 2 aromatic rings. The zero-order chi connectivity index (χ0) is 19.7. The maximum absolute atomic E-state index is 12.5. The van der Waals surface area contributed by atoms with E-state index in [0.717, 1.165) is 16.7 Å². The number of hydrogen-bond donors (Lipinski definition) is 0. The van der Waals surface area contributed by atoms with Crippen molar-refractivity contribution in [3.63, 3.8) is 0 Å². The van der Waals surface area contributed by atoms with Gasteiger partial charge in [-0.1, -0.05) is 18.5 Å². The summed E-state index contributed by atoms with van der Waals surface area (Å²) in [4.78, 5) is 26.2. The number of carbonyl (C=O) groups excluding carboxylic acids is 2. The SMILES string of the molecule is CCc1oc2c(N3COCC(C(=O)OC)=C3C(=O)OC)cc(Cl)cc2c1C. The minimum Gasteiger partial charge on any atom is -0.466 e. The van der Waals surface area contributed by atoms with E-state index in [9.17, 15) is 9.59 Å². The highest BCUT2D eigenvalue weighted by Gasteiger charge is 2.34. The van der Waals surface area contributed by atoms with Crippen molar-refractivity contribution in [1.82, 2.24) is 0 Å². The summed E-state index contributed by atoms with van der Waals surface area (Å²) in [5.74, 6) is -0.516. The Morgan fingerprint density at radius 1 is 1.22 bits per heavy atom. The number of ether oxygens (including phenoxy) is 3. The van der Waals surface area contributed by atoms with Gasteiger partial charge >= 0.3 is 11.9 Å². The highest BCUT2D eigenvalue weighted by molar-refractivity contribution is 6.32. The van der Waals surface area contributed by atoms with Gasteiger partial charge in [0.15, 0.2) is 5.58 Å². The number of halogens is 1. The Morgan fingerprint density at radius 2 is 1.93 bits per heavy atom. The molecule has 8 heteroatoms. The molecule has 0 spiro atoms. The van der Waals surface area contributed by atoms with Crippen molar-refractivity contribution >= 4 is 40.2 Å². The second-order valence-corrected chi connectivity index (χ2v) is 6.46. The van der Waals surface area contributed by atoms with Crippen LogP contribution in [0.5, 0.6) is 0 Å². The smallest absolute Gasteiger partial charge is 0.355 e. The molecule has 0 bridgehead atoms. The van der Waals surface area contributed by atoms with E-state index in [1.807, 2.05) is 19.9 Å². The molecule has 0 atom stereocenters. The van der Waals surface area contributed by atoms with Crippen molar-refractivity contribution in [2.24, 2.45) is 0 Å². The molecule has 1 aromatic heterocycles. The molecule has 27 heavy (non-hydrogen) atoms. The van der Waals surface area contributed by atoms with E-state index in [1.54, 1.807) is 6.07 Å². The highest BCUT2D eigenvalue weighted by atomic mass is 35.5. The van der Waals surface area contributed by atoms with Crippen molar-refractivity contribution < 1.29 is 28.2 Å². The summed E-state index contributed by atoms with van der Waals surface area (Å²) in [6.07, 6.45) is 0.710. The van der Waals surface area contributed by atoms with Crippen LogP contribution in [0.4, 0.5) is 5.69 Å². The molecule has 0 N–H and O–H groups in total. The van der Waals surface area contributed by atoms with E-state index in [0.29, 0.717) is 22.7 Å². The fourth-order valence-corrected chi connectivity index (χ4v) is 3.40. The lowest BCUT2D eigenvalue weighted by atomic mass is 10.1. The average Bonchev–Trinajstić information content (AvgIpc) is 3.01. The number of rotatable bonds is 4. The number of fused-ring (bicyclic) bond motifs is 1. The van der Waals surface area contributed by atoms with Gasteiger partial charge in [0, 0.05) is 16.8 Å². The largest absolute Gasteiger partial charge is 0.466 e. The van der Waals surface area contributed by atoms with Crippen molar-refractivity contribution in [2.75, 3.05) is 32.5 Å². The Morgan fingerprint density at radius 3 is 2.56 bits per heavy atom. The number of furan rings is 1. The van der Waals surface area contributed by atoms with Crippen LogP contribution < -0.4 is 4.90 Å². The lowest BCUT2D eigenvalue weighted by molar-refractivity contribution is -0.140. The van der Waals surface area contributed by atoms with Crippen molar-refractivity contribution in [1.29, 1.82) is 0 Å². The third-order valence-electron chi connectivity index (χ3n) is 4.53. The molecule has 144 valence electrons. The number of benzene rings is 1. The van der Waals surface area contributed by atoms with E-state index in [2.05, 4.69) is 0 Å². The zero-order valence-electron chi connectivity index (χ0n) is 15.6. The molecular weight excluding hydrogens is 374 g/mol. The molecule has 1 aromatic carbocycles. The first-order chi connectivity index (χ1) is 12.9. The Hall–Kier alpha value is -2.51. The van der Waals surface area contributed by atoms with E-state index >= 15 is 0 Å². The molecule has 0 aliphatic carbocycles. The van der Waals surface area contributed by atoms with E-state index in [-0.39, 0.29) is 24.6 Å². The van der Waals surface area contributed by atoms with Crippen LogP contribution in [-0.4, -0.2) is 39.5 Å². The molecule has 0 saturated heterocycles. The van der Waals surface area contributed by atoms with Gasteiger partial charge in [-0.15, -0.1) is 0 Å². The molecule has 3 rings (SSSR count). The van der Waals surface area contributed by atoms with Gasteiger partial charge in [0.25, 0.3) is 0 Å². The predicted molar refractivity (Wildman–Crippen MR) is 99.7 cm³/mol. The van der Waals surface area contributed by atoms with E-state index < -0.39 is 11.9 Å². The number of hydrogen-bond acceptors (Lipinski definition) is 7. The second kappa shape index (κ2) is 7.62. The monoisotopic (exact) mass is 393 g/mol. The van der Waals surface area contributed by atoms with Crippen molar-refractivity contribution in [2.45, 2.75) is 20.3 Å². The van der Waals surface area contributed by atoms with Crippen molar-refractivity contribution in [3.8, 4) is 0 Å². The number of esters is 2. The molecular formula is C19H20ClNO6. The lowest BCUT2D eigenvalue weighted by Gasteiger charge is -2.31. The summed E-state index contributed by atoms with van der Waals surface area (Å²) in [6, 6.07) is 3.48. The molecule has 0 saturated carbocycles. The minimum absolute atomic E-state index is 0.0293. The second-order valence-electron chi connectivity index (χ2n) is 6.02. The summed E-state index contributed by atoms with van der Waals surface area (Å²) in [7, 11) is 2.49. The van der Waals surface area contributed by atoms with Gasteiger partial charge < -0.3 is 23.5 Å². The summed E-state index contributed by atoms with van der Waals surface area (Å²) < 4.78 is 21.2. The third-order valence-corrected chi connectivity index (χ3v) is 4.74. The molecule has 7 nitrogen and oxygen atoms in total. The van der Waals surface area contributed by atoms with Crippen LogP contribution in [0, 0.1) is 6.92 Å². The van der Waals surface area contributed by atoms with Crippen LogP contribution in [-0.2, 0) is 30.2 Å². The molecule has 1 aliphatic heterocycles. The van der Waals surface area contributed by atoms with Gasteiger partial charge in [0.05, 0.1) is 32.1 Å². The summed E-state index contributed by atoms with van der Waals surface area (Å²) in [5, 5.41) is 1.31. The van der Waals surface area contributed by atoms with Crippen molar-refractivity contribution in [3.05, 3.63) is 39.7 Å². The Kier molecular flexibility index (Phi) is 5.43. The predicted octanol–water partition coefficient (Wildman–Crippen LogP) is 3.35. The van der Waals surface area contributed by atoms with Crippen LogP contribution in [0.15, 0.2) is 27.8 Å². The molecule has 2 heterocycles. The summed E-state index contributed by atoms with van der Waals surface area (Å²) in [6.45, 7) is 3.91. The maximum Gasteiger partial charge on any atom is 0.355 e. The van der Waals surface area contributed by atoms with Crippen LogP contribution in [0.3, 0.4) is 0 Å². The number of carbonyl (C=O) groups is 2. The maximum atomic E-state index is 12.5. The van der Waals surface area contributed by atoms with Crippen LogP contribution in [0.2, 0.25) is 5.02 Å². The average molecular weight is 394 g/mol. The summed E-state index contributed by atoms with van der Waals surface area (Å²) in [5.41, 5.74) is 2.17. The van der Waals surface area contributed by atoms with Crippen LogP contribution in [0.1, 0.15) is 18.2 Å². The first-order valence-electron chi connectivity index (χ1n) is 8.39. The first-order valence-corrected chi connectivity index (χ1v) is 8.77. The standard InChI is InChI=1S/C19H20ClNO6/c1-5-15-10(2)12-6-11(20)7-14(17(12)27-15)21-9-26-8-13(18(22)24-3)16(21)19(23)25-4/h6-7H,5,8-9H2,1-4H3. The van der Waals surface area contributed by atoms with Crippen LogP contribution >= 0.6 is 11.6 Å². The van der Waals surface area contributed by atoms with Gasteiger partial charge in [-0.2, -0.15) is 0 Å². The van der Waals surface area contributed by atoms with Gasteiger partial charge in [-0.05, 0) is 24.6 Å². The molecule has 1 aliphatic rings. The topological polar surface area (TPSA) is 78.2 Å². The van der Waals surface area contributed by atoms with Gasteiger partial charge in [-0.3, -0.25) is 0 Å². The van der Waals surface area contributed by atoms with Gasteiger partial charge in [0.1, 0.15) is 18.2 Å². The number of methoxy groups -OCH3 is 2. The molecule has 0 radical (unpaired) electrons.